The van der Waals surface area contributed by atoms with Gasteiger partial charge in [0.15, 0.2) is 15.0 Å². The highest BCUT2D eigenvalue weighted by atomic mass is 35.5. The Kier molecular flexibility index (Phi) is 8.91. The van der Waals surface area contributed by atoms with E-state index in [4.69, 9.17) is 0 Å². The summed E-state index contributed by atoms with van der Waals surface area (Å²) in [5, 5.41) is 0.639. The Labute approximate surface area is 198 Å². The summed E-state index contributed by atoms with van der Waals surface area (Å²) >= 11 is 3.15. The van der Waals surface area contributed by atoms with Crippen molar-refractivity contribution in [3.8, 4) is 0 Å². The second kappa shape index (κ2) is 10.8. The average Bonchev–Trinajstić information content (AvgIpc) is 3.16. The van der Waals surface area contributed by atoms with Gasteiger partial charge in [-0.25, -0.2) is 13.4 Å². The van der Waals surface area contributed by atoms with Crippen molar-refractivity contribution in [3.63, 3.8) is 0 Å². The molecule has 3 rings (SSSR count). The van der Waals surface area contributed by atoms with Crippen molar-refractivity contribution in [1.82, 2.24) is 9.88 Å². The van der Waals surface area contributed by atoms with E-state index in [-0.39, 0.29) is 29.0 Å². The zero-order valence-corrected chi connectivity index (χ0v) is 21.1. The molecular weight excluding hydrogens is 474 g/mol. The lowest BCUT2D eigenvalue weighted by molar-refractivity contribution is 0.0985. The molecule has 1 heterocycles. The first-order chi connectivity index (χ1) is 14.2. The van der Waals surface area contributed by atoms with Crippen molar-refractivity contribution < 1.29 is 13.2 Å². The van der Waals surface area contributed by atoms with Gasteiger partial charge >= 0.3 is 0 Å². The number of benzene rings is 2. The van der Waals surface area contributed by atoms with Crippen LogP contribution in [0.5, 0.6) is 0 Å². The number of aromatic nitrogens is 1. The Bertz CT molecular complexity index is 1150. The summed E-state index contributed by atoms with van der Waals surface area (Å²) in [6.07, 6.45) is 2.03. The van der Waals surface area contributed by atoms with Gasteiger partial charge in [-0.2, -0.15) is 0 Å². The molecule has 6 nitrogen and oxygen atoms in total. The largest absolute Gasteiger partial charge is 0.308 e. The van der Waals surface area contributed by atoms with Gasteiger partial charge in [-0.1, -0.05) is 18.3 Å². The van der Waals surface area contributed by atoms with E-state index in [1.807, 2.05) is 37.4 Å². The van der Waals surface area contributed by atoms with Crippen molar-refractivity contribution in [1.29, 1.82) is 0 Å². The normalized spacial score (nSPS) is 11.5. The minimum atomic E-state index is -3.30. The second-order valence-corrected chi connectivity index (χ2v) is 11.2. The number of anilines is 1. The van der Waals surface area contributed by atoms with E-state index >= 15 is 0 Å². The van der Waals surface area contributed by atoms with Crippen molar-refractivity contribution in [2.45, 2.75) is 16.7 Å². The van der Waals surface area contributed by atoms with Crippen molar-refractivity contribution in [2.24, 2.45) is 0 Å². The SMILES string of the molecule is CCS(=O)(=O)c1ccc(C(=O)N(CCN(C)C)c2nc3ccc(SC)cc3s2)cc1.Cl. The maximum atomic E-state index is 13.3. The van der Waals surface area contributed by atoms with Gasteiger partial charge < -0.3 is 4.90 Å². The number of thioether (sulfide) groups is 1. The Morgan fingerprint density at radius 2 is 1.77 bits per heavy atom. The lowest BCUT2D eigenvalue weighted by atomic mass is 10.2. The summed E-state index contributed by atoms with van der Waals surface area (Å²) in [4.78, 5) is 23.1. The summed E-state index contributed by atoms with van der Waals surface area (Å²) in [6.45, 7) is 2.77. The number of amides is 1. The third-order valence-electron chi connectivity index (χ3n) is 4.67. The maximum Gasteiger partial charge on any atom is 0.260 e. The Balaban J connectivity index is 0.00000341. The number of likely N-dealkylation sites (N-methyl/N-ethyl adjacent to an activating group) is 1. The van der Waals surface area contributed by atoms with Crippen LogP contribution >= 0.6 is 35.5 Å². The van der Waals surface area contributed by atoms with Gasteiger partial charge in [-0.05, 0) is 62.8 Å². The Hall–Kier alpha value is -1.65. The predicted octanol–water partition coefficient (Wildman–Crippen LogP) is 4.44. The Morgan fingerprint density at radius 3 is 2.35 bits per heavy atom. The molecular formula is C21H26ClN3O3S3. The van der Waals surface area contributed by atoms with E-state index in [1.165, 1.54) is 23.5 Å². The molecule has 168 valence electrons. The topological polar surface area (TPSA) is 70.6 Å². The van der Waals surface area contributed by atoms with Crippen LogP contribution < -0.4 is 4.90 Å². The van der Waals surface area contributed by atoms with E-state index < -0.39 is 9.84 Å². The number of fused-ring (bicyclic) bond motifs is 1. The summed E-state index contributed by atoms with van der Waals surface area (Å²) in [7, 11) is 0.607. The number of carbonyl (C=O) groups excluding carboxylic acids is 1. The van der Waals surface area contributed by atoms with Gasteiger partial charge in [0.25, 0.3) is 5.91 Å². The van der Waals surface area contributed by atoms with E-state index in [1.54, 1.807) is 35.7 Å². The van der Waals surface area contributed by atoms with Crippen LogP contribution in [0, 0.1) is 0 Å². The molecule has 0 atom stereocenters. The molecule has 0 unspecified atom stereocenters. The molecule has 10 heteroatoms. The predicted molar refractivity (Wildman–Crippen MR) is 133 cm³/mol. The van der Waals surface area contributed by atoms with Gasteiger partial charge in [0.2, 0.25) is 0 Å². The highest BCUT2D eigenvalue weighted by Crippen LogP contribution is 2.32. The molecule has 0 radical (unpaired) electrons. The first-order valence-corrected chi connectivity index (χ1v) is 13.2. The molecule has 0 N–H and O–H groups in total. The van der Waals surface area contributed by atoms with Gasteiger partial charge in [0, 0.05) is 23.5 Å². The fraction of sp³-hybridized carbons (Fsp3) is 0.333. The van der Waals surface area contributed by atoms with Crippen molar-refractivity contribution in [2.75, 3.05) is 44.1 Å². The number of halogens is 1. The fourth-order valence-corrected chi connectivity index (χ4v) is 5.27. The zero-order valence-electron chi connectivity index (χ0n) is 17.9. The second-order valence-electron chi connectivity index (χ2n) is 7.02. The highest BCUT2D eigenvalue weighted by molar-refractivity contribution is 7.98. The van der Waals surface area contributed by atoms with Crippen LogP contribution in [0.1, 0.15) is 17.3 Å². The number of sulfone groups is 1. The average molecular weight is 500 g/mol. The minimum absolute atomic E-state index is 0. The molecule has 0 aliphatic heterocycles. The van der Waals surface area contributed by atoms with E-state index in [0.717, 1.165) is 15.1 Å². The lowest BCUT2D eigenvalue weighted by Crippen LogP contribution is -2.36. The lowest BCUT2D eigenvalue weighted by Gasteiger charge is -2.22. The number of hydrogen-bond acceptors (Lipinski definition) is 7. The van der Waals surface area contributed by atoms with Crippen LogP contribution in [0.25, 0.3) is 10.2 Å². The zero-order chi connectivity index (χ0) is 21.9. The van der Waals surface area contributed by atoms with Gasteiger partial charge in [0.1, 0.15) is 0 Å². The third kappa shape index (κ3) is 5.98. The van der Waals surface area contributed by atoms with Gasteiger partial charge in [0.05, 0.1) is 20.9 Å². The molecule has 31 heavy (non-hydrogen) atoms. The van der Waals surface area contributed by atoms with Crippen LogP contribution in [0.3, 0.4) is 0 Å². The van der Waals surface area contributed by atoms with Crippen LogP contribution in [-0.4, -0.2) is 63.4 Å². The standard InChI is InChI=1S/C21H25N3O3S3.ClH/c1-5-30(26,27)17-9-6-15(7-10-17)20(25)24(13-12-23(2)3)21-22-18-11-8-16(28-4)14-19(18)29-21;/h6-11,14H,5,12-13H2,1-4H3;1H. The highest BCUT2D eigenvalue weighted by Gasteiger charge is 2.22. The Morgan fingerprint density at radius 1 is 1.10 bits per heavy atom. The van der Waals surface area contributed by atoms with E-state index in [0.29, 0.717) is 23.8 Å². The molecule has 0 aliphatic carbocycles. The van der Waals surface area contributed by atoms with E-state index in [2.05, 4.69) is 11.1 Å². The third-order valence-corrected chi connectivity index (χ3v) is 8.19. The maximum absolute atomic E-state index is 13.3. The first kappa shape index (κ1) is 25.6. The molecule has 0 saturated heterocycles. The number of hydrogen-bond donors (Lipinski definition) is 0. The quantitative estimate of drug-likeness (QED) is 0.427. The van der Waals surface area contributed by atoms with Crippen LogP contribution in [0.2, 0.25) is 0 Å². The molecule has 1 amide bonds. The molecule has 0 saturated carbocycles. The van der Waals surface area contributed by atoms with E-state index in [9.17, 15) is 13.2 Å². The molecule has 0 fully saturated rings. The fourth-order valence-electron chi connectivity index (χ4n) is 2.85. The van der Waals surface area contributed by atoms with Crippen molar-refractivity contribution >= 4 is 66.6 Å². The monoisotopic (exact) mass is 499 g/mol. The van der Waals surface area contributed by atoms with Gasteiger partial charge in [-0.15, -0.1) is 24.2 Å². The summed E-state index contributed by atoms with van der Waals surface area (Å²) in [5.41, 5.74) is 1.30. The van der Waals surface area contributed by atoms with Crippen LogP contribution in [0.4, 0.5) is 5.13 Å². The number of rotatable bonds is 8. The number of thiazole rings is 1. The molecule has 1 aromatic heterocycles. The summed E-state index contributed by atoms with van der Waals surface area (Å²) in [6, 6.07) is 12.2. The molecule has 0 aliphatic rings. The molecule has 2 aromatic carbocycles. The van der Waals surface area contributed by atoms with Gasteiger partial charge in [-0.3, -0.25) is 9.69 Å². The number of nitrogens with zero attached hydrogens (tertiary/aromatic N) is 3. The van der Waals surface area contributed by atoms with Crippen LogP contribution in [-0.2, 0) is 9.84 Å². The molecule has 3 aromatic rings. The summed E-state index contributed by atoms with van der Waals surface area (Å²) in [5.74, 6) is -0.166. The molecule has 0 spiro atoms. The van der Waals surface area contributed by atoms with Crippen molar-refractivity contribution in [3.05, 3.63) is 48.0 Å². The number of carbonyl (C=O) groups is 1. The first-order valence-electron chi connectivity index (χ1n) is 9.49. The van der Waals surface area contributed by atoms with Crippen LogP contribution in [0.15, 0.2) is 52.3 Å². The summed E-state index contributed by atoms with van der Waals surface area (Å²) < 4.78 is 25.1. The molecule has 0 bridgehead atoms. The smallest absolute Gasteiger partial charge is 0.260 e. The minimum Gasteiger partial charge on any atom is -0.308 e.